The molecule has 4 rings (SSSR count). The zero-order valence-electron chi connectivity index (χ0n) is 20.5. The molecule has 1 amide bonds. The van der Waals surface area contributed by atoms with Crippen LogP contribution in [0.5, 0.6) is 5.75 Å². The van der Waals surface area contributed by atoms with E-state index in [0.717, 1.165) is 5.56 Å². The third-order valence-corrected chi connectivity index (χ3v) is 5.85. The van der Waals surface area contributed by atoms with Gasteiger partial charge in [-0.25, -0.2) is 4.79 Å². The summed E-state index contributed by atoms with van der Waals surface area (Å²) in [6.07, 6.45) is -0.314. The number of Topliss-reactive ketones (excluding diaryl/α,β-unsaturated/α-hetero) is 1. The molecule has 1 N–H and O–H groups in total. The monoisotopic (exact) mass is 485 g/mol. The van der Waals surface area contributed by atoms with Crippen LogP contribution in [0.1, 0.15) is 46.9 Å². The highest BCUT2D eigenvalue weighted by Gasteiger charge is 2.47. The Morgan fingerprint density at radius 2 is 1.64 bits per heavy atom. The zero-order valence-corrected chi connectivity index (χ0v) is 20.5. The van der Waals surface area contributed by atoms with Gasteiger partial charge in [-0.2, -0.15) is 0 Å². The lowest BCUT2D eigenvalue weighted by atomic mass is 9.94. The fourth-order valence-electron chi connectivity index (χ4n) is 4.25. The van der Waals surface area contributed by atoms with Gasteiger partial charge in [0, 0.05) is 11.3 Å². The number of nitrogens with zero attached hydrogens (tertiary/aromatic N) is 1. The molecule has 0 spiro atoms. The Labute approximate surface area is 209 Å². The normalized spacial score (nSPS) is 16.9. The van der Waals surface area contributed by atoms with Gasteiger partial charge in [0.05, 0.1) is 30.4 Å². The Morgan fingerprint density at radius 3 is 2.33 bits per heavy atom. The lowest BCUT2D eigenvalue weighted by Crippen LogP contribution is -2.29. The number of aliphatic hydroxyl groups excluding tert-OH is 1. The van der Waals surface area contributed by atoms with E-state index >= 15 is 0 Å². The second-order valence-corrected chi connectivity index (χ2v) is 8.82. The summed E-state index contributed by atoms with van der Waals surface area (Å²) in [4.78, 5) is 40.6. The summed E-state index contributed by atoms with van der Waals surface area (Å²) in [5.41, 5.74) is 2.46. The van der Waals surface area contributed by atoms with E-state index in [1.807, 2.05) is 25.1 Å². The average Bonchev–Trinajstić information content (AvgIpc) is 3.13. The second kappa shape index (κ2) is 10.1. The summed E-state index contributed by atoms with van der Waals surface area (Å²) in [6.45, 7) is 5.40. The van der Waals surface area contributed by atoms with E-state index < -0.39 is 23.7 Å². The number of rotatable bonds is 6. The van der Waals surface area contributed by atoms with Crippen LogP contribution in [-0.2, 0) is 14.3 Å². The molecule has 7 nitrogen and oxygen atoms in total. The SMILES string of the molecule is COc1cccc(/C(O)=C2\C(=O)C(=O)N(c3cccc(C(=O)OC(C)C)c3)C2c2cccc(C)c2)c1. The highest BCUT2D eigenvalue weighted by Crippen LogP contribution is 2.42. The van der Waals surface area contributed by atoms with Gasteiger partial charge in [-0.3, -0.25) is 14.5 Å². The fourth-order valence-corrected chi connectivity index (χ4v) is 4.25. The van der Waals surface area contributed by atoms with E-state index in [-0.39, 0.29) is 23.0 Å². The van der Waals surface area contributed by atoms with Gasteiger partial charge >= 0.3 is 5.97 Å². The molecule has 1 aliphatic rings. The van der Waals surface area contributed by atoms with Gasteiger partial charge in [0.15, 0.2) is 0 Å². The molecule has 7 heteroatoms. The first-order valence-electron chi connectivity index (χ1n) is 11.5. The molecule has 1 saturated heterocycles. The fraction of sp³-hybridized carbons (Fsp3) is 0.207. The van der Waals surface area contributed by atoms with E-state index in [9.17, 15) is 19.5 Å². The minimum Gasteiger partial charge on any atom is -0.507 e. The van der Waals surface area contributed by atoms with Crippen molar-refractivity contribution >= 4 is 29.1 Å². The van der Waals surface area contributed by atoms with E-state index in [0.29, 0.717) is 22.6 Å². The van der Waals surface area contributed by atoms with Crippen molar-refractivity contribution in [1.29, 1.82) is 0 Å². The third kappa shape index (κ3) is 4.73. The van der Waals surface area contributed by atoms with Gasteiger partial charge in [0.25, 0.3) is 11.7 Å². The maximum absolute atomic E-state index is 13.4. The lowest BCUT2D eigenvalue weighted by molar-refractivity contribution is -0.132. The summed E-state index contributed by atoms with van der Waals surface area (Å²) in [7, 11) is 1.50. The van der Waals surface area contributed by atoms with Gasteiger partial charge in [-0.15, -0.1) is 0 Å². The van der Waals surface area contributed by atoms with Crippen molar-refractivity contribution in [3.8, 4) is 5.75 Å². The maximum atomic E-state index is 13.4. The number of aliphatic hydroxyl groups is 1. The Morgan fingerprint density at radius 1 is 0.944 bits per heavy atom. The first-order valence-corrected chi connectivity index (χ1v) is 11.5. The van der Waals surface area contributed by atoms with Gasteiger partial charge in [0.1, 0.15) is 11.5 Å². The molecule has 0 radical (unpaired) electrons. The molecule has 36 heavy (non-hydrogen) atoms. The number of ether oxygens (including phenoxy) is 2. The number of ketones is 1. The van der Waals surface area contributed by atoms with E-state index in [1.54, 1.807) is 62.4 Å². The molecule has 1 atom stereocenters. The topological polar surface area (TPSA) is 93.1 Å². The molecule has 3 aromatic rings. The van der Waals surface area contributed by atoms with Crippen LogP contribution in [0.15, 0.2) is 78.4 Å². The highest BCUT2D eigenvalue weighted by molar-refractivity contribution is 6.51. The van der Waals surface area contributed by atoms with Crippen molar-refractivity contribution < 1.29 is 29.0 Å². The van der Waals surface area contributed by atoms with Gasteiger partial charge < -0.3 is 14.6 Å². The van der Waals surface area contributed by atoms with Crippen molar-refractivity contribution in [3.63, 3.8) is 0 Å². The van der Waals surface area contributed by atoms with Crippen LogP contribution in [0.25, 0.3) is 5.76 Å². The largest absolute Gasteiger partial charge is 0.507 e. The molecule has 184 valence electrons. The number of carbonyl (C=O) groups is 3. The number of amides is 1. The first-order chi connectivity index (χ1) is 17.2. The minimum absolute atomic E-state index is 0.0472. The summed E-state index contributed by atoms with van der Waals surface area (Å²) in [5.74, 6) is -1.97. The number of carbonyl (C=O) groups excluding carboxylic acids is 3. The molecule has 0 bridgehead atoms. The van der Waals surface area contributed by atoms with Crippen LogP contribution in [0, 0.1) is 6.92 Å². The number of hydrogen-bond donors (Lipinski definition) is 1. The quantitative estimate of drug-likeness (QED) is 0.223. The Balaban J connectivity index is 1.90. The van der Waals surface area contributed by atoms with Crippen LogP contribution in [-0.4, -0.2) is 36.0 Å². The summed E-state index contributed by atoms with van der Waals surface area (Å²) in [5, 5.41) is 11.3. The second-order valence-electron chi connectivity index (χ2n) is 8.82. The van der Waals surface area contributed by atoms with E-state index in [1.165, 1.54) is 18.1 Å². The zero-order chi connectivity index (χ0) is 26.0. The maximum Gasteiger partial charge on any atom is 0.338 e. The third-order valence-electron chi connectivity index (χ3n) is 5.85. The predicted octanol–water partition coefficient (Wildman–Crippen LogP) is 5.20. The molecule has 0 saturated carbocycles. The number of hydrogen-bond acceptors (Lipinski definition) is 6. The Kier molecular flexibility index (Phi) is 6.92. The van der Waals surface area contributed by atoms with Crippen molar-refractivity contribution in [1.82, 2.24) is 0 Å². The van der Waals surface area contributed by atoms with Crippen LogP contribution in [0.2, 0.25) is 0 Å². The van der Waals surface area contributed by atoms with Gasteiger partial charge in [0.2, 0.25) is 0 Å². The molecular weight excluding hydrogens is 458 g/mol. The Bertz CT molecular complexity index is 1370. The molecule has 0 aliphatic carbocycles. The number of esters is 1. The van der Waals surface area contributed by atoms with Crippen LogP contribution >= 0.6 is 0 Å². The van der Waals surface area contributed by atoms with Crippen molar-refractivity contribution in [3.05, 3.63) is 101 Å². The number of methoxy groups -OCH3 is 1. The van der Waals surface area contributed by atoms with Gasteiger partial charge in [-0.05, 0) is 56.7 Å². The molecule has 1 aliphatic heterocycles. The Hall–Kier alpha value is -4.39. The number of benzene rings is 3. The molecular formula is C29H27NO6. The highest BCUT2D eigenvalue weighted by atomic mass is 16.5. The summed E-state index contributed by atoms with van der Waals surface area (Å²) < 4.78 is 10.6. The smallest absolute Gasteiger partial charge is 0.338 e. The van der Waals surface area contributed by atoms with Crippen molar-refractivity contribution in [2.24, 2.45) is 0 Å². The lowest BCUT2D eigenvalue weighted by Gasteiger charge is -2.26. The molecule has 1 unspecified atom stereocenters. The molecule has 1 fully saturated rings. The minimum atomic E-state index is -0.910. The average molecular weight is 486 g/mol. The van der Waals surface area contributed by atoms with Crippen LogP contribution < -0.4 is 9.64 Å². The molecule has 0 aromatic heterocycles. The van der Waals surface area contributed by atoms with Crippen LogP contribution in [0.3, 0.4) is 0 Å². The van der Waals surface area contributed by atoms with E-state index in [2.05, 4.69) is 0 Å². The van der Waals surface area contributed by atoms with Crippen molar-refractivity contribution in [2.45, 2.75) is 32.9 Å². The predicted molar refractivity (Wildman–Crippen MR) is 136 cm³/mol. The van der Waals surface area contributed by atoms with E-state index in [4.69, 9.17) is 9.47 Å². The van der Waals surface area contributed by atoms with Crippen LogP contribution in [0.4, 0.5) is 5.69 Å². The molecule has 3 aromatic carbocycles. The van der Waals surface area contributed by atoms with Crippen molar-refractivity contribution in [2.75, 3.05) is 12.0 Å². The number of aryl methyl sites for hydroxylation is 1. The number of anilines is 1. The summed E-state index contributed by atoms with van der Waals surface area (Å²) in [6, 6.07) is 19.5. The first kappa shape index (κ1) is 24.7. The standard InChI is InChI=1S/C29H27NO6/c1-17(2)36-29(34)21-11-6-12-22(15-21)30-25(19-9-5-8-18(3)14-19)24(27(32)28(30)33)26(31)20-10-7-13-23(16-20)35-4/h5-17,25,31H,1-4H3/b26-24+. The molecule has 1 heterocycles. The summed E-state index contributed by atoms with van der Waals surface area (Å²) >= 11 is 0. The van der Waals surface area contributed by atoms with Gasteiger partial charge in [-0.1, -0.05) is 48.0 Å².